The molecule has 4 rings (SSSR count). The van der Waals surface area contributed by atoms with Gasteiger partial charge in [-0.05, 0) is 37.1 Å². The zero-order chi connectivity index (χ0) is 20.1. The Morgan fingerprint density at radius 3 is 2.79 bits per heavy atom. The number of pyridine rings is 1. The summed E-state index contributed by atoms with van der Waals surface area (Å²) in [4.78, 5) is 30.1. The lowest BCUT2D eigenvalue weighted by atomic mass is 10.0. The molecule has 0 radical (unpaired) electrons. The summed E-state index contributed by atoms with van der Waals surface area (Å²) < 4.78 is 10.7. The van der Waals surface area contributed by atoms with E-state index in [1.807, 2.05) is 17.0 Å². The topological polar surface area (TPSA) is 84.6 Å². The second-order valence-electron chi connectivity index (χ2n) is 6.87. The van der Waals surface area contributed by atoms with E-state index in [1.165, 1.54) is 0 Å². The molecular formula is C21H23N5O3. The molecule has 1 aliphatic rings. The van der Waals surface area contributed by atoms with Crippen molar-refractivity contribution in [2.45, 2.75) is 25.4 Å². The van der Waals surface area contributed by atoms with Gasteiger partial charge in [-0.2, -0.15) is 4.98 Å². The van der Waals surface area contributed by atoms with Gasteiger partial charge in [0.1, 0.15) is 5.76 Å². The number of ether oxygens (including phenoxy) is 1. The highest BCUT2D eigenvalue weighted by Gasteiger charge is 2.30. The number of hydrogen-bond donors (Lipinski definition) is 0. The molecule has 0 spiro atoms. The third-order valence-electron chi connectivity index (χ3n) is 5.09. The van der Waals surface area contributed by atoms with Crippen molar-refractivity contribution in [2.75, 3.05) is 25.1 Å². The molecule has 1 fully saturated rings. The third-order valence-corrected chi connectivity index (χ3v) is 5.09. The minimum Gasteiger partial charge on any atom is -0.481 e. The van der Waals surface area contributed by atoms with E-state index >= 15 is 0 Å². The van der Waals surface area contributed by atoms with Crippen LogP contribution in [0.15, 0.2) is 59.6 Å². The highest BCUT2D eigenvalue weighted by atomic mass is 16.5. The SMILES string of the molecule is COc1ccnc(N2CCC(N(Cc3ccco3)C(=O)c3cccnc3)CC2)n1. The lowest BCUT2D eigenvalue weighted by Crippen LogP contribution is -2.47. The quantitative estimate of drug-likeness (QED) is 0.637. The fourth-order valence-electron chi connectivity index (χ4n) is 3.57. The molecule has 0 N–H and O–H groups in total. The Morgan fingerprint density at radius 2 is 2.10 bits per heavy atom. The largest absolute Gasteiger partial charge is 0.481 e. The van der Waals surface area contributed by atoms with Crippen LogP contribution < -0.4 is 9.64 Å². The Kier molecular flexibility index (Phi) is 5.69. The fourth-order valence-corrected chi connectivity index (χ4v) is 3.57. The number of piperidine rings is 1. The summed E-state index contributed by atoms with van der Waals surface area (Å²) in [6, 6.07) is 9.13. The molecule has 3 aromatic rings. The van der Waals surface area contributed by atoms with Crippen LogP contribution in [0.1, 0.15) is 29.0 Å². The maximum atomic E-state index is 13.2. The van der Waals surface area contributed by atoms with Crippen molar-refractivity contribution in [1.82, 2.24) is 19.9 Å². The molecule has 29 heavy (non-hydrogen) atoms. The smallest absolute Gasteiger partial charge is 0.256 e. The normalized spacial score (nSPS) is 14.6. The second-order valence-corrected chi connectivity index (χ2v) is 6.87. The molecule has 1 amide bonds. The van der Waals surface area contributed by atoms with Crippen molar-refractivity contribution in [2.24, 2.45) is 0 Å². The molecule has 1 aliphatic heterocycles. The number of carbonyl (C=O) groups excluding carboxylic acids is 1. The first-order valence-corrected chi connectivity index (χ1v) is 9.60. The molecule has 8 nitrogen and oxygen atoms in total. The van der Waals surface area contributed by atoms with Gasteiger partial charge in [0.05, 0.1) is 25.5 Å². The molecule has 0 atom stereocenters. The van der Waals surface area contributed by atoms with E-state index in [0.29, 0.717) is 23.9 Å². The highest BCUT2D eigenvalue weighted by molar-refractivity contribution is 5.94. The van der Waals surface area contributed by atoms with E-state index in [-0.39, 0.29) is 11.9 Å². The average molecular weight is 393 g/mol. The second kappa shape index (κ2) is 8.72. The molecule has 0 saturated carbocycles. The van der Waals surface area contributed by atoms with Crippen LogP contribution in [0.3, 0.4) is 0 Å². The average Bonchev–Trinajstić information content (AvgIpc) is 3.31. The number of amides is 1. The van der Waals surface area contributed by atoms with Crippen LogP contribution in [-0.2, 0) is 6.54 Å². The Balaban J connectivity index is 1.49. The van der Waals surface area contributed by atoms with E-state index in [4.69, 9.17) is 9.15 Å². The summed E-state index contributed by atoms with van der Waals surface area (Å²) in [5.74, 6) is 1.92. The number of aromatic nitrogens is 3. The molecule has 4 heterocycles. The van der Waals surface area contributed by atoms with Crippen molar-refractivity contribution in [3.8, 4) is 5.88 Å². The molecule has 0 bridgehead atoms. The van der Waals surface area contributed by atoms with Gasteiger partial charge in [0.15, 0.2) is 0 Å². The third kappa shape index (κ3) is 4.37. The molecular weight excluding hydrogens is 370 g/mol. The summed E-state index contributed by atoms with van der Waals surface area (Å²) in [6.07, 6.45) is 8.23. The van der Waals surface area contributed by atoms with Gasteiger partial charge in [0, 0.05) is 43.8 Å². The molecule has 0 aromatic carbocycles. The van der Waals surface area contributed by atoms with Crippen LogP contribution >= 0.6 is 0 Å². The number of nitrogens with zero attached hydrogens (tertiary/aromatic N) is 5. The molecule has 1 saturated heterocycles. The number of rotatable bonds is 6. The molecule has 0 aliphatic carbocycles. The Labute approximate surface area is 169 Å². The maximum absolute atomic E-state index is 13.2. The first kappa shape index (κ1) is 18.9. The Bertz CT molecular complexity index is 925. The molecule has 8 heteroatoms. The molecule has 3 aromatic heterocycles. The van der Waals surface area contributed by atoms with Crippen LogP contribution in [-0.4, -0.2) is 52.0 Å². The number of anilines is 1. The monoisotopic (exact) mass is 393 g/mol. The number of methoxy groups -OCH3 is 1. The van der Waals surface area contributed by atoms with E-state index in [0.717, 1.165) is 31.7 Å². The summed E-state index contributed by atoms with van der Waals surface area (Å²) >= 11 is 0. The summed E-state index contributed by atoms with van der Waals surface area (Å²) in [5.41, 5.74) is 0.581. The van der Waals surface area contributed by atoms with Gasteiger partial charge in [0.25, 0.3) is 5.91 Å². The van der Waals surface area contributed by atoms with Crippen LogP contribution in [0, 0.1) is 0 Å². The Hall–Kier alpha value is -3.42. The van der Waals surface area contributed by atoms with E-state index < -0.39 is 0 Å². The lowest BCUT2D eigenvalue weighted by Gasteiger charge is -2.38. The van der Waals surface area contributed by atoms with Crippen LogP contribution in [0.25, 0.3) is 0 Å². The first-order valence-electron chi connectivity index (χ1n) is 9.60. The Morgan fingerprint density at radius 1 is 1.24 bits per heavy atom. The summed E-state index contributed by atoms with van der Waals surface area (Å²) in [5, 5.41) is 0. The van der Waals surface area contributed by atoms with Gasteiger partial charge in [-0.1, -0.05) is 0 Å². The van der Waals surface area contributed by atoms with Gasteiger partial charge < -0.3 is 19.0 Å². The van der Waals surface area contributed by atoms with Crippen molar-refractivity contribution >= 4 is 11.9 Å². The maximum Gasteiger partial charge on any atom is 0.256 e. The predicted octanol–water partition coefficient (Wildman–Crippen LogP) is 2.78. The highest BCUT2D eigenvalue weighted by Crippen LogP contribution is 2.24. The molecule has 0 unspecified atom stereocenters. The number of furan rings is 1. The number of hydrogen-bond acceptors (Lipinski definition) is 7. The van der Waals surface area contributed by atoms with Crippen molar-refractivity contribution < 1.29 is 13.9 Å². The summed E-state index contributed by atoms with van der Waals surface area (Å²) in [7, 11) is 1.59. The first-order chi connectivity index (χ1) is 14.2. The minimum atomic E-state index is -0.0365. The standard InChI is InChI=1S/C21H23N5O3/c1-28-19-6-10-23-21(24-19)25-11-7-17(8-12-25)26(15-18-5-3-13-29-18)20(27)16-4-2-9-22-14-16/h2-6,9-10,13-14,17H,7-8,11-12,15H2,1H3. The van der Waals surface area contributed by atoms with Crippen molar-refractivity contribution in [1.29, 1.82) is 0 Å². The zero-order valence-electron chi connectivity index (χ0n) is 16.3. The van der Waals surface area contributed by atoms with Crippen LogP contribution in [0.5, 0.6) is 5.88 Å². The van der Waals surface area contributed by atoms with Crippen LogP contribution in [0.2, 0.25) is 0 Å². The van der Waals surface area contributed by atoms with Gasteiger partial charge in [-0.25, -0.2) is 4.98 Å². The van der Waals surface area contributed by atoms with Crippen LogP contribution in [0.4, 0.5) is 5.95 Å². The van der Waals surface area contributed by atoms with Gasteiger partial charge in [-0.3, -0.25) is 9.78 Å². The van der Waals surface area contributed by atoms with Gasteiger partial charge in [0.2, 0.25) is 11.8 Å². The van der Waals surface area contributed by atoms with E-state index in [9.17, 15) is 4.79 Å². The zero-order valence-corrected chi connectivity index (χ0v) is 16.3. The lowest BCUT2D eigenvalue weighted by molar-refractivity contribution is 0.0613. The van der Waals surface area contributed by atoms with E-state index in [2.05, 4.69) is 19.9 Å². The van der Waals surface area contributed by atoms with Gasteiger partial charge in [-0.15, -0.1) is 0 Å². The van der Waals surface area contributed by atoms with Crippen molar-refractivity contribution in [3.05, 3.63) is 66.5 Å². The van der Waals surface area contributed by atoms with Crippen molar-refractivity contribution in [3.63, 3.8) is 0 Å². The minimum absolute atomic E-state index is 0.0365. The van der Waals surface area contributed by atoms with E-state index in [1.54, 1.807) is 50.2 Å². The summed E-state index contributed by atoms with van der Waals surface area (Å²) in [6.45, 7) is 1.95. The fraction of sp³-hybridized carbons (Fsp3) is 0.333. The van der Waals surface area contributed by atoms with Gasteiger partial charge >= 0.3 is 0 Å². The molecule has 150 valence electrons. The predicted molar refractivity (Wildman–Crippen MR) is 107 cm³/mol. The number of carbonyl (C=O) groups is 1.